The molecule has 162 valence electrons. The molecule has 9 heteroatoms. The maximum atomic E-state index is 12.8. The van der Waals surface area contributed by atoms with Gasteiger partial charge in [-0.15, -0.1) is 0 Å². The van der Waals surface area contributed by atoms with Crippen molar-refractivity contribution in [2.24, 2.45) is 0 Å². The fourth-order valence-electron chi connectivity index (χ4n) is 3.41. The van der Waals surface area contributed by atoms with E-state index in [-0.39, 0.29) is 17.2 Å². The molecule has 0 saturated carbocycles. The molecule has 0 bridgehead atoms. The normalized spacial score (nSPS) is 10.9. The van der Waals surface area contributed by atoms with E-state index in [4.69, 9.17) is 8.83 Å². The summed E-state index contributed by atoms with van der Waals surface area (Å²) in [6, 6.07) is 18.2. The number of nitro groups is 1. The molecule has 5 rings (SSSR count). The molecule has 0 saturated heterocycles. The number of aromatic nitrogens is 2. The van der Waals surface area contributed by atoms with Crippen LogP contribution in [0, 0.1) is 17.0 Å². The van der Waals surface area contributed by atoms with Crippen molar-refractivity contribution in [3.63, 3.8) is 0 Å². The summed E-state index contributed by atoms with van der Waals surface area (Å²) in [7, 11) is 0. The van der Waals surface area contributed by atoms with E-state index in [1.165, 1.54) is 18.2 Å². The van der Waals surface area contributed by atoms with Crippen molar-refractivity contribution in [2.45, 2.75) is 6.92 Å². The van der Waals surface area contributed by atoms with Crippen molar-refractivity contribution in [2.75, 3.05) is 5.32 Å². The van der Waals surface area contributed by atoms with Crippen LogP contribution in [0.25, 0.3) is 34.0 Å². The number of carbonyl (C=O) groups is 1. The number of anilines is 1. The number of carbonyl (C=O) groups excluding carboxylic acids is 1. The number of nitrogens with zero attached hydrogens (tertiary/aromatic N) is 3. The van der Waals surface area contributed by atoms with E-state index in [0.717, 1.165) is 5.56 Å². The Labute approximate surface area is 186 Å². The number of para-hydroxylation sites is 1. The number of nitro benzene ring substituents is 1. The molecular weight excluding hydrogens is 424 g/mol. The first-order valence-corrected chi connectivity index (χ1v) is 9.97. The molecule has 1 amide bonds. The first-order valence-electron chi connectivity index (χ1n) is 9.97. The number of hydrogen-bond donors (Lipinski definition) is 1. The van der Waals surface area contributed by atoms with E-state index in [2.05, 4.69) is 15.3 Å². The Hall–Kier alpha value is -4.79. The summed E-state index contributed by atoms with van der Waals surface area (Å²) < 4.78 is 11.4. The van der Waals surface area contributed by atoms with Gasteiger partial charge in [-0.2, -0.15) is 4.98 Å². The summed E-state index contributed by atoms with van der Waals surface area (Å²) in [6.45, 7) is 1.86. The van der Waals surface area contributed by atoms with Crippen LogP contribution in [-0.2, 0) is 0 Å². The molecule has 0 spiro atoms. The number of hydrogen-bond acceptors (Lipinski definition) is 7. The van der Waals surface area contributed by atoms with Crippen LogP contribution in [0.15, 0.2) is 81.8 Å². The largest absolute Gasteiger partial charge is 0.451 e. The van der Waals surface area contributed by atoms with Crippen molar-refractivity contribution in [3.05, 3.63) is 94.4 Å². The fraction of sp³-hybridized carbons (Fsp3) is 0.0417. The van der Waals surface area contributed by atoms with Crippen LogP contribution >= 0.6 is 0 Å². The number of nitrogens with one attached hydrogen (secondary N) is 1. The van der Waals surface area contributed by atoms with Gasteiger partial charge in [-0.25, -0.2) is 4.98 Å². The maximum Gasteiger partial charge on any atom is 0.291 e. The van der Waals surface area contributed by atoms with Crippen molar-refractivity contribution in [1.29, 1.82) is 0 Å². The van der Waals surface area contributed by atoms with Crippen LogP contribution in [0.5, 0.6) is 0 Å². The molecule has 0 unspecified atom stereocenters. The minimum Gasteiger partial charge on any atom is -0.451 e. The molecule has 0 radical (unpaired) electrons. The Kier molecular flexibility index (Phi) is 4.91. The van der Waals surface area contributed by atoms with Gasteiger partial charge in [-0.3, -0.25) is 14.9 Å². The minimum absolute atomic E-state index is 0.0269. The van der Waals surface area contributed by atoms with Crippen LogP contribution in [0.2, 0.25) is 0 Å². The van der Waals surface area contributed by atoms with Gasteiger partial charge in [0.1, 0.15) is 5.76 Å². The van der Waals surface area contributed by atoms with E-state index >= 15 is 0 Å². The molecule has 33 heavy (non-hydrogen) atoms. The van der Waals surface area contributed by atoms with Crippen molar-refractivity contribution in [3.8, 4) is 22.8 Å². The third-order valence-corrected chi connectivity index (χ3v) is 5.09. The molecule has 0 aliphatic heterocycles. The highest BCUT2D eigenvalue weighted by Gasteiger charge is 2.20. The van der Waals surface area contributed by atoms with Crippen LogP contribution in [-0.4, -0.2) is 20.8 Å². The zero-order chi connectivity index (χ0) is 22.9. The van der Waals surface area contributed by atoms with E-state index in [1.807, 2.05) is 19.1 Å². The number of amides is 1. The Morgan fingerprint density at radius 1 is 1.03 bits per heavy atom. The number of oxazole rings is 1. The minimum atomic E-state index is -0.492. The lowest BCUT2D eigenvalue weighted by molar-refractivity contribution is -0.384. The smallest absolute Gasteiger partial charge is 0.291 e. The van der Waals surface area contributed by atoms with Gasteiger partial charge in [0.05, 0.1) is 10.5 Å². The van der Waals surface area contributed by atoms with E-state index in [9.17, 15) is 14.9 Å². The predicted molar refractivity (Wildman–Crippen MR) is 121 cm³/mol. The number of pyridine rings is 1. The van der Waals surface area contributed by atoms with Gasteiger partial charge in [0.2, 0.25) is 5.89 Å². The third kappa shape index (κ3) is 3.83. The molecule has 5 aromatic rings. The summed E-state index contributed by atoms with van der Waals surface area (Å²) in [4.78, 5) is 32.2. The van der Waals surface area contributed by atoms with Gasteiger partial charge in [-0.1, -0.05) is 18.2 Å². The summed E-state index contributed by atoms with van der Waals surface area (Å²) in [5, 5.41) is 14.1. The number of rotatable bonds is 5. The molecular formula is C24H16N4O5. The maximum absolute atomic E-state index is 12.8. The van der Waals surface area contributed by atoms with E-state index in [0.29, 0.717) is 33.9 Å². The van der Waals surface area contributed by atoms with Gasteiger partial charge in [0.25, 0.3) is 11.6 Å². The first-order chi connectivity index (χ1) is 16.0. The van der Waals surface area contributed by atoms with Crippen molar-refractivity contribution >= 4 is 28.5 Å². The molecule has 0 aliphatic rings. The standard InChI is InChI=1S/C24H16N4O5/c1-14-8-9-15(24-27-22-20(33-24)7-4-12-25-22)13-17(14)26-23(29)21-11-10-19(32-21)16-5-2-3-6-18(16)28(30)31/h2-13H,1H3,(H,26,29). The monoisotopic (exact) mass is 440 g/mol. The van der Waals surface area contributed by atoms with E-state index in [1.54, 1.807) is 42.6 Å². The first kappa shape index (κ1) is 20.1. The summed E-state index contributed by atoms with van der Waals surface area (Å²) in [5.41, 5.74) is 3.31. The molecule has 3 heterocycles. The molecule has 0 fully saturated rings. The average Bonchev–Trinajstić information content (AvgIpc) is 3.48. The third-order valence-electron chi connectivity index (χ3n) is 5.09. The Balaban J connectivity index is 1.42. The highest BCUT2D eigenvalue weighted by molar-refractivity contribution is 6.03. The molecule has 2 aromatic carbocycles. The quantitative estimate of drug-likeness (QED) is 0.278. The number of fused-ring (bicyclic) bond motifs is 1. The summed E-state index contributed by atoms with van der Waals surface area (Å²) >= 11 is 0. The van der Waals surface area contributed by atoms with E-state index < -0.39 is 10.8 Å². The topological polar surface area (TPSA) is 124 Å². The van der Waals surface area contributed by atoms with Gasteiger partial charge in [0, 0.05) is 23.5 Å². The number of aryl methyl sites for hydroxylation is 1. The Morgan fingerprint density at radius 2 is 1.88 bits per heavy atom. The van der Waals surface area contributed by atoms with Crippen LogP contribution < -0.4 is 5.32 Å². The molecule has 9 nitrogen and oxygen atoms in total. The number of furan rings is 1. The SMILES string of the molecule is Cc1ccc(-c2nc3ncccc3o2)cc1NC(=O)c1ccc(-c2ccccc2[N+](=O)[O-])o1. The van der Waals surface area contributed by atoms with Crippen molar-refractivity contribution < 1.29 is 18.6 Å². The predicted octanol–water partition coefficient (Wildman–Crippen LogP) is 5.62. The zero-order valence-electron chi connectivity index (χ0n) is 17.3. The Bertz CT molecular complexity index is 1490. The molecule has 3 aromatic heterocycles. The van der Waals surface area contributed by atoms with Crippen molar-refractivity contribution in [1.82, 2.24) is 9.97 Å². The van der Waals surface area contributed by atoms with Crippen LogP contribution in [0.4, 0.5) is 11.4 Å². The zero-order valence-corrected chi connectivity index (χ0v) is 17.3. The van der Waals surface area contributed by atoms with Gasteiger partial charge in [-0.05, 0) is 55.0 Å². The second kappa shape index (κ2) is 8.04. The van der Waals surface area contributed by atoms with Crippen LogP contribution in [0.3, 0.4) is 0 Å². The van der Waals surface area contributed by atoms with Gasteiger partial charge >= 0.3 is 0 Å². The van der Waals surface area contributed by atoms with Gasteiger partial charge < -0.3 is 14.2 Å². The number of benzene rings is 2. The molecule has 0 aliphatic carbocycles. The highest BCUT2D eigenvalue weighted by Crippen LogP contribution is 2.32. The van der Waals surface area contributed by atoms with Gasteiger partial charge in [0.15, 0.2) is 17.0 Å². The highest BCUT2D eigenvalue weighted by atomic mass is 16.6. The lowest BCUT2D eigenvalue weighted by Gasteiger charge is -2.08. The van der Waals surface area contributed by atoms with Crippen LogP contribution in [0.1, 0.15) is 16.1 Å². The lowest BCUT2D eigenvalue weighted by Crippen LogP contribution is -2.11. The molecule has 0 atom stereocenters. The fourth-order valence-corrected chi connectivity index (χ4v) is 3.41. The Morgan fingerprint density at radius 3 is 2.70 bits per heavy atom. The lowest BCUT2D eigenvalue weighted by atomic mass is 10.1. The molecule has 1 N–H and O–H groups in total. The summed E-state index contributed by atoms with van der Waals surface area (Å²) in [6.07, 6.45) is 1.64. The second-order valence-corrected chi connectivity index (χ2v) is 7.27. The summed E-state index contributed by atoms with van der Waals surface area (Å²) in [5.74, 6) is 0.158. The second-order valence-electron chi connectivity index (χ2n) is 7.27. The average molecular weight is 440 g/mol.